The van der Waals surface area contributed by atoms with Crippen molar-refractivity contribution in [2.75, 3.05) is 27.4 Å². The smallest absolute Gasteiger partial charge is 0.269 e. The van der Waals surface area contributed by atoms with Crippen LogP contribution >= 0.6 is 0 Å². The largest absolute Gasteiger partial charge is 0.493 e. The molecule has 0 unspecified atom stereocenters. The molecule has 2 rings (SSSR count). The van der Waals surface area contributed by atoms with E-state index < -0.39 is 10.8 Å². The number of hydrogen-bond acceptors (Lipinski definition) is 7. The number of nitrogens with zero attached hydrogens (tertiary/aromatic N) is 2. The Morgan fingerprint density at radius 3 is 2.53 bits per heavy atom. The van der Waals surface area contributed by atoms with E-state index in [9.17, 15) is 20.2 Å². The van der Waals surface area contributed by atoms with Gasteiger partial charge in [-0.05, 0) is 41.5 Å². The first-order chi connectivity index (χ1) is 14.5. The Bertz CT molecular complexity index is 964. The number of nitriles is 1. The zero-order chi connectivity index (χ0) is 21.9. The van der Waals surface area contributed by atoms with E-state index in [0.717, 1.165) is 5.56 Å². The van der Waals surface area contributed by atoms with Crippen LogP contribution in [0.2, 0.25) is 0 Å². The van der Waals surface area contributed by atoms with Gasteiger partial charge in [-0.15, -0.1) is 0 Å². The van der Waals surface area contributed by atoms with E-state index in [-0.39, 0.29) is 17.9 Å². The van der Waals surface area contributed by atoms with Gasteiger partial charge in [-0.25, -0.2) is 0 Å². The van der Waals surface area contributed by atoms with Gasteiger partial charge in [0.25, 0.3) is 11.6 Å². The second-order valence-electron chi connectivity index (χ2n) is 6.04. The number of ether oxygens (including phenoxy) is 3. The van der Waals surface area contributed by atoms with Crippen LogP contribution in [0.3, 0.4) is 0 Å². The molecule has 0 aliphatic carbocycles. The van der Waals surface area contributed by atoms with Gasteiger partial charge in [-0.3, -0.25) is 14.9 Å². The quantitative estimate of drug-likeness (QED) is 0.210. The molecule has 0 saturated carbocycles. The highest BCUT2D eigenvalue weighted by Crippen LogP contribution is 2.30. The van der Waals surface area contributed by atoms with E-state index in [1.807, 2.05) is 6.07 Å². The Labute approximate surface area is 173 Å². The maximum Gasteiger partial charge on any atom is 0.269 e. The summed E-state index contributed by atoms with van der Waals surface area (Å²) < 4.78 is 15.9. The number of hydrogen-bond donors (Lipinski definition) is 1. The number of carbonyl (C=O) groups is 1. The molecule has 0 heterocycles. The number of nitro groups is 1. The van der Waals surface area contributed by atoms with E-state index in [2.05, 4.69) is 5.32 Å². The molecule has 0 bridgehead atoms. The van der Waals surface area contributed by atoms with E-state index >= 15 is 0 Å². The van der Waals surface area contributed by atoms with Gasteiger partial charge >= 0.3 is 0 Å². The third-order valence-corrected chi connectivity index (χ3v) is 4.00. The lowest BCUT2D eigenvalue weighted by Gasteiger charge is -2.11. The summed E-state index contributed by atoms with van der Waals surface area (Å²) in [5.41, 5.74) is 1.30. The molecule has 9 heteroatoms. The van der Waals surface area contributed by atoms with Crippen molar-refractivity contribution in [1.82, 2.24) is 5.32 Å². The highest BCUT2D eigenvalue weighted by atomic mass is 16.6. The maximum absolute atomic E-state index is 12.0. The molecule has 0 radical (unpaired) electrons. The Kier molecular flexibility index (Phi) is 8.35. The molecule has 156 valence electrons. The molecule has 0 spiro atoms. The molecular weight excluding hydrogens is 390 g/mol. The van der Waals surface area contributed by atoms with Crippen LogP contribution in [0.25, 0.3) is 6.08 Å². The first kappa shape index (κ1) is 22.4. The van der Waals surface area contributed by atoms with Crippen LogP contribution in [-0.4, -0.2) is 38.2 Å². The van der Waals surface area contributed by atoms with Crippen LogP contribution in [-0.2, 0) is 16.1 Å². The van der Waals surface area contributed by atoms with Gasteiger partial charge in [-0.2, -0.15) is 5.26 Å². The van der Waals surface area contributed by atoms with E-state index in [1.165, 1.54) is 32.4 Å². The Morgan fingerprint density at radius 2 is 1.93 bits per heavy atom. The number of non-ortho nitro benzene ring substituents is 1. The second-order valence-corrected chi connectivity index (χ2v) is 6.04. The van der Waals surface area contributed by atoms with Crippen LogP contribution in [0.15, 0.2) is 48.0 Å². The summed E-state index contributed by atoms with van der Waals surface area (Å²) in [7, 11) is 2.99. The maximum atomic E-state index is 12.0. The number of nitrogens with one attached hydrogen (secondary N) is 1. The van der Waals surface area contributed by atoms with Crippen molar-refractivity contribution >= 4 is 17.7 Å². The number of nitro benzene ring substituents is 1. The van der Waals surface area contributed by atoms with Crippen molar-refractivity contribution in [2.24, 2.45) is 0 Å². The molecule has 0 aliphatic heterocycles. The highest BCUT2D eigenvalue weighted by molar-refractivity contribution is 6.01. The van der Waals surface area contributed by atoms with Gasteiger partial charge in [0.1, 0.15) is 18.2 Å². The third kappa shape index (κ3) is 6.32. The lowest BCUT2D eigenvalue weighted by molar-refractivity contribution is -0.384. The third-order valence-electron chi connectivity index (χ3n) is 4.00. The minimum Gasteiger partial charge on any atom is -0.493 e. The Hall–Kier alpha value is -3.90. The number of benzene rings is 2. The first-order valence-corrected chi connectivity index (χ1v) is 8.91. The lowest BCUT2D eigenvalue weighted by atomic mass is 10.1. The average molecular weight is 411 g/mol. The summed E-state index contributed by atoms with van der Waals surface area (Å²) in [6.07, 6.45) is 1.45. The summed E-state index contributed by atoms with van der Waals surface area (Å²) in [5, 5.41) is 22.6. The summed E-state index contributed by atoms with van der Waals surface area (Å²) in [5.74, 6) is 0.380. The van der Waals surface area contributed by atoms with Gasteiger partial charge in [0, 0.05) is 25.8 Å². The number of amides is 1. The standard InChI is InChI=1S/C21H21N3O6/c1-28-10-9-23-21(25)17(13-22)11-16-5-8-19(20(12-16)29-2)30-14-15-3-6-18(7-4-15)24(26)27/h3-8,11-12H,9-10,14H2,1-2H3,(H,23,25)/b17-11+. The summed E-state index contributed by atoms with van der Waals surface area (Å²) in [6.45, 7) is 0.834. The highest BCUT2D eigenvalue weighted by Gasteiger charge is 2.11. The first-order valence-electron chi connectivity index (χ1n) is 8.91. The van der Waals surface area contributed by atoms with Gasteiger partial charge in [0.2, 0.25) is 0 Å². The minimum atomic E-state index is -0.494. The summed E-state index contributed by atoms with van der Waals surface area (Å²) in [6, 6.07) is 12.9. The molecule has 1 amide bonds. The van der Waals surface area contributed by atoms with Gasteiger partial charge in [0.15, 0.2) is 11.5 Å². The fourth-order valence-corrected chi connectivity index (χ4v) is 2.45. The Balaban J connectivity index is 2.10. The van der Waals surface area contributed by atoms with E-state index in [0.29, 0.717) is 30.2 Å². The second kappa shape index (κ2) is 11.2. The molecular formula is C21H21N3O6. The predicted octanol–water partition coefficient (Wildman–Crippen LogP) is 2.85. The molecule has 0 saturated heterocycles. The van der Waals surface area contributed by atoms with Gasteiger partial charge in [-0.1, -0.05) is 6.07 Å². The van der Waals surface area contributed by atoms with Crippen LogP contribution in [0.5, 0.6) is 11.5 Å². The monoisotopic (exact) mass is 411 g/mol. The minimum absolute atomic E-state index is 0.00650. The van der Waals surface area contributed by atoms with Crippen molar-refractivity contribution in [2.45, 2.75) is 6.61 Å². The molecule has 30 heavy (non-hydrogen) atoms. The average Bonchev–Trinajstić information content (AvgIpc) is 2.76. The summed E-state index contributed by atoms with van der Waals surface area (Å²) in [4.78, 5) is 22.3. The van der Waals surface area contributed by atoms with Crippen molar-refractivity contribution in [1.29, 1.82) is 5.26 Å². The molecule has 2 aromatic rings. The molecule has 2 aromatic carbocycles. The molecule has 0 aliphatic rings. The predicted molar refractivity (Wildman–Crippen MR) is 109 cm³/mol. The molecule has 1 N–H and O–H groups in total. The fourth-order valence-electron chi connectivity index (χ4n) is 2.45. The zero-order valence-electron chi connectivity index (χ0n) is 16.6. The molecule has 0 fully saturated rings. The van der Waals surface area contributed by atoms with Crippen LogP contribution < -0.4 is 14.8 Å². The molecule has 0 aromatic heterocycles. The fraction of sp³-hybridized carbons (Fsp3) is 0.238. The zero-order valence-corrected chi connectivity index (χ0v) is 16.6. The Morgan fingerprint density at radius 1 is 1.20 bits per heavy atom. The van der Waals surface area contributed by atoms with Gasteiger partial charge in [0.05, 0.1) is 18.6 Å². The van der Waals surface area contributed by atoms with Gasteiger partial charge < -0.3 is 19.5 Å². The molecule has 9 nitrogen and oxygen atoms in total. The van der Waals surface area contributed by atoms with Crippen molar-refractivity contribution in [3.05, 3.63) is 69.3 Å². The number of rotatable bonds is 10. The number of methoxy groups -OCH3 is 2. The van der Waals surface area contributed by atoms with Crippen molar-refractivity contribution in [3.8, 4) is 17.6 Å². The summed E-state index contributed by atoms with van der Waals surface area (Å²) >= 11 is 0. The van der Waals surface area contributed by atoms with Crippen LogP contribution in [0, 0.1) is 21.4 Å². The lowest BCUT2D eigenvalue weighted by Crippen LogP contribution is -2.27. The van der Waals surface area contributed by atoms with Crippen molar-refractivity contribution < 1.29 is 23.9 Å². The van der Waals surface area contributed by atoms with E-state index in [1.54, 1.807) is 30.3 Å². The normalized spacial score (nSPS) is 10.8. The van der Waals surface area contributed by atoms with Crippen molar-refractivity contribution in [3.63, 3.8) is 0 Å². The SMILES string of the molecule is COCCNC(=O)/C(C#N)=C/c1ccc(OCc2ccc([N+](=O)[O-])cc2)c(OC)c1. The number of carbonyl (C=O) groups excluding carboxylic acids is 1. The molecule has 0 atom stereocenters. The topological polar surface area (TPSA) is 124 Å². The van der Waals surface area contributed by atoms with Crippen LogP contribution in [0.4, 0.5) is 5.69 Å². The van der Waals surface area contributed by atoms with E-state index in [4.69, 9.17) is 14.2 Å². The van der Waals surface area contributed by atoms with Crippen LogP contribution in [0.1, 0.15) is 11.1 Å².